The SMILES string of the molecule is CC.CC(=O)c1cc(Br)cc2cc3c(cc12)C(C)(C)CCC3(C)C. The summed E-state index contributed by atoms with van der Waals surface area (Å²) in [5, 5.41) is 2.24. The highest BCUT2D eigenvalue weighted by Crippen LogP contribution is 2.47. The van der Waals surface area contributed by atoms with Crippen molar-refractivity contribution in [3.05, 3.63) is 45.4 Å². The Morgan fingerprint density at radius 1 is 0.917 bits per heavy atom. The Hall–Kier alpha value is -1.15. The van der Waals surface area contributed by atoms with Crippen molar-refractivity contribution in [2.45, 2.75) is 72.1 Å². The predicted molar refractivity (Wildman–Crippen MR) is 108 cm³/mol. The van der Waals surface area contributed by atoms with Crippen LogP contribution in [0.5, 0.6) is 0 Å². The standard InChI is InChI=1S/C20H23BrO.C2H6/c1-12(22)15-10-14(21)8-13-9-17-18(11-16(13)15)20(4,5)7-6-19(17,2)3;1-2/h8-11H,6-7H2,1-5H3;1-2H3. The average molecular weight is 389 g/mol. The first-order valence-electron chi connectivity index (χ1n) is 8.91. The molecule has 0 bridgehead atoms. The maximum atomic E-state index is 12.0. The summed E-state index contributed by atoms with van der Waals surface area (Å²) in [5.41, 5.74) is 4.01. The van der Waals surface area contributed by atoms with Crippen LogP contribution in [0, 0.1) is 0 Å². The quantitative estimate of drug-likeness (QED) is 0.472. The van der Waals surface area contributed by atoms with Gasteiger partial charge < -0.3 is 0 Å². The lowest BCUT2D eigenvalue weighted by molar-refractivity contribution is 0.101. The van der Waals surface area contributed by atoms with E-state index >= 15 is 0 Å². The van der Waals surface area contributed by atoms with Gasteiger partial charge in [-0.15, -0.1) is 0 Å². The van der Waals surface area contributed by atoms with E-state index < -0.39 is 0 Å². The zero-order chi connectivity index (χ0) is 18.3. The van der Waals surface area contributed by atoms with Gasteiger partial charge in [-0.3, -0.25) is 4.79 Å². The summed E-state index contributed by atoms with van der Waals surface area (Å²) < 4.78 is 0.970. The minimum Gasteiger partial charge on any atom is -0.294 e. The lowest BCUT2D eigenvalue weighted by Gasteiger charge is -2.42. The number of carbonyl (C=O) groups excluding carboxylic acids is 1. The Labute approximate surface area is 155 Å². The van der Waals surface area contributed by atoms with Crippen molar-refractivity contribution < 1.29 is 4.79 Å². The fourth-order valence-electron chi connectivity index (χ4n) is 3.68. The number of ketones is 1. The second-order valence-electron chi connectivity index (χ2n) is 7.90. The molecule has 0 aromatic heterocycles. The summed E-state index contributed by atoms with van der Waals surface area (Å²) in [4.78, 5) is 12.0. The largest absolute Gasteiger partial charge is 0.294 e. The molecule has 3 rings (SSSR count). The second-order valence-corrected chi connectivity index (χ2v) is 8.81. The zero-order valence-corrected chi connectivity index (χ0v) is 17.6. The number of rotatable bonds is 1. The highest BCUT2D eigenvalue weighted by atomic mass is 79.9. The van der Waals surface area contributed by atoms with Crippen molar-refractivity contribution >= 4 is 32.5 Å². The number of carbonyl (C=O) groups is 1. The number of fused-ring (bicyclic) bond motifs is 2. The summed E-state index contributed by atoms with van der Waals surface area (Å²) >= 11 is 3.55. The summed E-state index contributed by atoms with van der Waals surface area (Å²) in [5.74, 6) is 0.124. The molecule has 0 spiro atoms. The summed E-state index contributed by atoms with van der Waals surface area (Å²) in [6.45, 7) is 14.9. The Morgan fingerprint density at radius 2 is 1.42 bits per heavy atom. The van der Waals surface area contributed by atoms with Gasteiger partial charge in [-0.1, -0.05) is 63.5 Å². The third kappa shape index (κ3) is 3.31. The third-order valence-electron chi connectivity index (χ3n) is 5.27. The maximum absolute atomic E-state index is 12.0. The molecule has 0 radical (unpaired) electrons. The smallest absolute Gasteiger partial charge is 0.160 e. The molecule has 1 aliphatic rings. The number of hydrogen-bond acceptors (Lipinski definition) is 1. The van der Waals surface area contributed by atoms with Crippen molar-refractivity contribution in [1.29, 1.82) is 0 Å². The van der Waals surface area contributed by atoms with Crippen molar-refractivity contribution in [2.24, 2.45) is 0 Å². The van der Waals surface area contributed by atoms with Crippen LogP contribution < -0.4 is 0 Å². The monoisotopic (exact) mass is 388 g/mol. The molecule has 24 heavy (non-hydrogen) atoms. The van der Waals surface area contributed by atoms with E-state index in [2.05, 4.69) is 61.8 Å². The van der Waals surface area contributed by atoms with Crippen molar-refractivity contribution in [3.63, 3.8) is 0 Å². The van der Waals surface area contributed by atoms with Gasteiger partial charge in [-0.05, 0) is 70.7 Å². The first-order chi connectivity index (χ1) is 11.1. The van der Waals surface area contributed by atoms with Crippen molar-refractivity contribution in [2.75, 3.05) is 0 Å². The molecule has 0 amide bonds. The van der Waals surface area contributed by atoms with Crippen LogP contribution in [0.15, 0.2) is 28.7 Å². The van der Waals surface area contributed by atoms with Crippen LogP contribution in [0.1, 0.15) is 82.8 Å². The van der Waals surface area contributed by atoms with Gasteiger partial charge in [0.1, 0.15) is 0 Å². The van der Waals surface area contributed by atoms with Crippen LogP contribution in [0.2, 0.25) is 0 Å². The van der Waals surface area contributed by atoms with E-state index in [0.717, 1.165) is 20.8 Å². The summed E-state index contributed by atoms with van der Waals surface area (Å²) in [6, 6.07) is 8.65. The van der Waals surface area contributed by atoms with E-state index in [9.17, 15) is 4.79 Å². The van der Waals surface area contributed by atoms with Crippen LogP contribution in [0.4, 0.5) is 0 Å². The lowest BCUT2D eigenvalue weighted by Crippen LogP contribution is -2.33. The van der Waals surface area contributed by atoms with Gasteiger partial charge in [0.05, 0.1) is 0 Å². The highest BCUT2D eigenvalue weighted by Gasteiger charge is 2.37. The normalized spacial score (nSPS) is 17.7. The van der Waals surface area contributed by atoms with E-state index in [1.54, 1.807) is 6.92 Å². The molecule has 0 atom stereocenters. The molecule has 0 saturated heterocycles. The van der Waals surface area contributed by atoms with Gasteiger partial charge >= 0.3 is 0 Å². The fourth-order valence-corrected chi connectivity index (χ4v) is 4.16. The summed E-state index contributed by atoms with van der Waals surface area (Å²) in [7, 11) is 0. The minimum atomic E-state index is 0.124. The van der Waals surface area contributed by atoms with Gasteiger partial charge in [-0.2, -0.15) is 0 Å². The number of Topliss-reactive ketones (excluding diaryl/α,β-unsaturated/α-hetero) is 1. The molecule has 2 aromatic carbocycles. The van der Waals surface area contributed by atoms with Crippen LogP contribution >= 0.6 is 15.9 Å². The summed E-state index contributed by atoms with van der Waals surface area (Å²) in [6.07, 6.45) is 2.39. The van der Waals surface area contributed by atoms with Gasteiger partial charge in [0.15, 0.2) is 5.78 Å². The van der Waals surface area contributed by atoms with Gasteiger partial charge in [0, 0.05) is 10.0 Å². The number of benzene rings is 2. The van der Waals surface area contributed by atoms with E-state index in [1.807, 2.05) is 19.9 Å². The van der Waals surface area contributed by atoms with Gasteiger partial charge in [-0.25, -0.2) is 0 Å². The molecule has 0 saturated carbocycles. The Kier molecular flexibility index (Phi) is 5.30. The number of halogens is 1. The van der Waals surface area contributed by atoms with Crippen molar-refractivity contribution in [1.82, 2.24) is 0 Å². The molecular weight excluding hydrogens is 360 g/mol. The first kappa shape index (κ1) is 19.2. The van der Waals surface area contributed by atoms with E-state index in [4.69, 9.17) is 0 Å². The molecule has 0 fully saturated rings. The fraction of sp³-hybridized carbons (Fsp3) is 0.500. The molecule has 2 aromatic rings. The third-order valence-corrected chi connectivity index (χ3v) is 5.73. The highest BCUT2D eigenvalue weighted by molar-refractivity contribution is 9.10. The molecule has 1 nitrogen and oxygen atoms in total. The predicted octanol–water partition coefficient (Wildman–Crippen LogP) is 7.18. The minimum absolute atomic E-state index is 0.124. The Bertz CT molecular complexity index is 784. The van der Waals surface area contributed by atoms with E-state index in [0.29, 0.717) is 0 Å². The van der Waals surface area contributed by atoms with Crippen molar-refractivity contribution in [3.8, 4) is 0 Å². The van der Waals surface area contributed by atoms with Gasteiger partial charge in [0.25, 0.3) is 0 Å². The Morgan fingerprint density at radius 3 is 1.92 bits per heavy atom. The Balaban J connectivity index is 0.00000100. The molecule has 0 heterocycles. The molecule has 0 unspecified atom stereocenters. The van der Waals surface area contributed by atoms with E-state index in [-0.39, 0.29) is 16.6 Å². The molecule has 0 N–H and O–H groups in total. The second kappa shape index (κ2) is 6.63. The maximum Gasteiger partial charge on any atom is 0.160 e. The lowest BCUT2D eigenvalue weighted by atomic mass is 9.62. The first-order valence-corrected chi connectivity index (χ1v) is 9.70. The topological polar surface area (TPSA) is 17.1 Å². The number of hydrogen-bond donors (Lipinski definition) is 0. The zero-order valence-electron chi connectivity index (χ0n) is 16.0. The van der Waals surface area contributed by atoms with Gasteiger partial charge in [0.2, 0.25) is 0 Å². The van der Waals surface area contributed by atoms with Crippen LogP contribution in [-0.2, 0) is 10.8 Å². The average Bonchev–Trinajstić information content (AvgIpc) is 2.52. The van der Waals surface area contributed by atoms with Crippen LogP contribution in [0.25, 0.3) is 10.8 Å². The molecular formula is C22H29BrO. The van der Waals surface area contributed by atoms with Crippen LogP contribution in [-0.4, -0.2) is 5.78 Å². The van der Waals surface area contributed by atoms with E-state index in [1.165, 1.54) is 24.0 Å². The molecule has 2 heteroatoms. The van der Waals surface area contributed by atoms with Crippen LogP contribution in [0.3, 0.4) is 0 Å². The molecule has 130 valence electrons. The molecule has 0 aliphatic heterocycles. The molecule has 1 aliphatic carbocycles.